The second-order valence-corrected chi connectivity index (χ2v) is 7.87. The van der Waals surface area contributed by atoms with E-state index in [0.29, 0.717) is 0 Å². The van der Waals surface area contributed by atoms with Crippen LogP contribution in [0.25, 0.3) is 0 Å². The molecule has 0 aliphatic rings. The number of ketones is 1. The molecule has 0 aliphatic carbocycles. The van der Waals surface area contributed by atoms with Crippen LogP contribution in [0.5, 0.6) is 0 Å². The lowest BCUT2D eigenvalue weighted by Gasteiger charge is -2.18. The maximum absolute atomic E-state index is 11.7. The molecule has 8 nitrogen and oxygen atoms in total. The van der Waals surface area contributed by atoms with Gasteiger partial charge in [-0.3, -0.25) is 18.9 Å². The molecule has 0 unspecified atom stereocenters. The summed E-state index contributed by atoms with van der Waals surface area (Å²) in [4.78, 5) is 50.9. The van der Waals surface area contributed by atoms with Crippen LogP contribution in [-0.4, -0.2) is 35.7 Å². The van der Waals surface area contributed by atoms with Crippen LogP contribution in [0, 0.1) is 0 Å². The highest BCUT2D eigenvalue weighted by atomic mass is 31.2. The highest BCUT2D eigenvalue weighted by Crippen LogP contribution is 2.61. The molecule has 1 rings (SSSR count). The zero-order chi connectivity index (χ0) is 14.7. The first-order valence-corrected chi connectivity index (χ1v) is 8.52. The van der Waals surface area contributed by atoms with Crippen LogP contribution < -0.4 is 0 Å². The van der Waals surface area contributed by atoms with Gasteiger partial charge in [-0.2, -0.15) is 0 Å². The molecule has 0 aromatic carbocycles. The summed E-state index contributed by atoms with van der Waals surface area (Å²) in [7, 11) is -9.95. The van der Waals surface area contributed by atoms with Crippen LogP contribution in [0.15, 0.2) is 24.5 Å². The minimum Gasteiger partial charge on any atom is -0.324 e. The summed E-state index contributed by atoms with van der Waals surface area (Å²) >= 11 is 0. The zero-order valence-corrected chi connectivity index (χ0v) is 11.4. The minimum atomic E-state index is -4.97. The van der Waals surface area contributed by atoms with Gasteiger partial charge < -0.3 is 19.6 Å². The van der Waals surface area contributed by atoms with Crippen molar-refractivity contribution < 1.29 is 33.5 Å². The fraction of sp³-hybridized carbons (Fsp3) is 0.333. The van der Waals surface area contributed by atoms with E-state index >= 15 is 0 Å². The molecule has 19 heavy (non-hydrogen) atoms. The van der Waals surface area contributed by atoms with Crippen molar-refractivity contribution in [3.63, 3.8) is 0 Å². The molecule has 0 aliphatic heterocycles. The average molecular weight is 309 g/mol. The molecule has 0 radical (unpaired) electrons. The van der Waals surface area contributed by atoms with Gasteiger partial charge in [0.05, 0.1) is 0 Å². The van der Waals surface area contributed by atoms with Crippen molar-refractivity contribution in [2.45, 2.75) is 18.2 Å². The Bertz CT molecular complexity index is 513. The number of Topliss-reactive ketones (excluding diaryl/α,β-unsaturated/α-hetero) is 1. The van der Waals surface area contributed by atoms with Crippen LogP contribution >= 0.6 is 15.2 Å². The predicted octanol–water partition coefficient (Wildman–Crippen LogP) is 0.726. The molecule has 106 valence electrons. The lowest BCUT2D eigenvalue weighted by atomic mass is 10.1. The van der Waals surface area contributed by atoms with Gasteiger partial charge in [-0.15, -0.1) is 0 Å². The Hall–Kier alpha value is -0.880. The molecule has 10 heteroatoms. The van der Waals surface area contributed by atoms with Crippen molar-refractivity contribution in [1.29, 1.82) is 0 Å². The third kappa shape index (κ3) is 4.95. The first kappa shape index (κ1) is 16.2. The van der Waals surface area contributed by atoms with Crippen LogP contribution in [-0.2, 0) is 9.13 Å². The lowest BCUT2D eigenvalue weighted by Crippen LogP contribution is -2.12. The number of carbonyl (C=O) groups is 1. The molecule has 1 aromatic heterocycles. The molecule has 0 bridgehead atoms. The quantitative estimate of drug-likeness (QED) is 0.444. The van der Waals surface area contributed by atoms with Crippen molar-refractivity contribution in [2.24, 2.45) is 0 Å². The van der Waals surface area contributed by atoms with Gasteiger partial charge in [0.2, 0.25) is 0 Å². The number of pyridine rings is 1. The van der Waals surface area contributed by atoms with Crippen LogP contribution in [0.2, 0.25) is 0 Å². The van der Waals surface area contributed by atoms with Gasteiger partial charge in [0.25, 0.3) is 0 Å². The average Bonchev–Trinajstić information content (AvgIpc) is 2.26. The molecule has 0 saturated carbocycles. The summed E-state index contributed by atoms with van der Waals surface area (Å²) in [6, 6.07) is 2.82. The molecule has 0 saturated heterocycles. The molecular weight excluding hydrogens is 296 g/mol. The summed E-state index contributed by atoms with van der Waals surface area (Å²) in [6.45, 7) is 0. The maximum Gasteiger partial charge on any atom is 0.340 e. The largest absolute Gasteiger partial charge is 0.340 e. The van der Waals surface area contributed by atoms with E-state index in [4.69, 9.17) is 19.6 Å². The zero-order valence-electron chi connectivity index (χ0n) is 9.66. The Balaban J connectivity index is 2.77. The molecule has 0 atom stereocenters. The summed E-state index contributed by atoms with van der Waals surface area (Å²) in [5.74, 6) is -0.464. The minimum absolute atomic E-state index is 0.269. The second-order valence-electron chi connectivity index (χ2n) is 3.86. The monoisotopic (exact) mass is 309 g/mol. The predicted molar refractivity (Wildman–Crippen MR) is 65.7 cm³/mol. The third-order valence-electron chi connectivity index (χ3n) is 2.41. The summed E-state index contributed by atoms with van der Waals surface area (Å²) < 4.78 is 22.0. The van der Waals surface area contributed by atoms with E-state index in [-0.39, 0.29) is 12.0 Å². The van der Waals surface area contributed by atoms with Gasteiger partial charge in [0, 0.05) is 24.4 Å². The normalized spacial score (nSPS) is 12.7. The third-order valence-corrected chi connectivity index (χ3v) is 6.28. The highest BCUT2D eigenvalue weighted by Gasteiger charge is 2.43. The van der Waals surface area contributed by atoms with Gasteiger partial charge >= 0.3 is 15.2 Å². The fourth-order valence-electron chi connectivity index (χ4n) is 1.47. The molecule has 0 spiro atoms. The Labute approximate surface area is 108 Å². The van der Waals surface area contributed by atoms with E-state index in [0.717, 1.165) is 0 Å². The van der Waals surface area contributed by atoms with Gasteiger partial charge in [-0.25, -0.2) is 0 Å². The number of carbonyl (C=O) groups excluding carboxylic acids is 1. The molecule has 1 aromatic rings. The smallest absolute Gasteiger partial charge is 0.324 e. The van der Waals surface area contributed by atoms with Gasteiger partial charge in [0.15, 0.2) is 11.2 Å². The number of hydrogen-bond acceptors (Lipinski definition) is 4. The highest BCUT2D eigenvalue weighted by molar-refractivity contribution is 7.70. The van der Waals surface area contributed by atoms with Gasteiger partial charge in [-0.1, -0.05) is 0 Å². The molecule has 0 amide bonds. The van der Waals surface area contributed by atoms with Crippen molar-refractivity contribution in [1.82, 2.24) is 4.98 Å². The van der Waals surface area contributed by atoms with E-state index in [2.05, 4.69) is 4.98 Å². The Kier molecular flexibility index (Phi) is 5.15. The second kappa shape index (κ2) is 6.05. The van der Waals surface area contributed by atoms with Crippen molar-refractivity contribution in [2.75, 3.05) is 0 Å². The molecule has 4 N–H and O–H groups in total. The fourth-order valence-corrected chi connectivity index (χ4v) is 3.97. The van der Waals surface area contributed by atoms with Crippen LogP contribution in [0.1, 0.15) is 23.2 Å². The number of hydrogen-bond donors (Lipinski definition) is 4. The molecule has 0 fully saturated rings. The van der Waals surface area contributed by atoms with E-state index in [1.54, 1.807) is 0 Å². The Morgan fingerprint density at radius 2 is 1.58 bits per heavy atom. The Morgan fingerprint density at radius 1 is 1.11 bits per heavy atom. The first-order valence-electron chi connectivity index (χ1n) is 5.16. The number of nitrogens with zero attached hydrogens (tertiary/aromatic N) is 1. The van der Waals surface area contributed by atoms with Crippen LogP contribution in [0.3, 0.4) is 0 Å². The summed E-state index contributed by atoms with van der Waals surface area (Å²) in [5, 5.41) is -2.15. The molecule has 1 heterocycles. The number of rotatable bonds is 6. The van der Waals surface area contributed by atoms with E-state index < -0.39 is 32.8 Å². The standard InChI is InChI=1S/C9H13NO7P2/c11-8(7-3-5-10-6-4-7)1-2-9(18(12,13)14)19(15,16)17/h3-6,9H,1-2H2,(H2,12,13,14)(H2,15,16,17). The van der Waals surface area contributed by atoms with Crippen molar-refractivity contribution in [3.05, 3.63) is 30.1 Å². The molecular formula is C9H13NO7P2. The SMILES string of the molecule is O=C(CCC(P(=O)(O)O)P(=O)(O)O)c1ccncc1. The van der Waals surface area contributed by atoms with E-state index in [1.807, 2.05) is 0 Å². The van der Waals surface area contributed by atoms with Crippen LogP contribution in [0.4, 0.5) is 0 Å². The van der Waals surface area contributed by atoms with Gasteiger partial charge in [-0.05, 0) is 18.6 Å². The number of aromatic nitrogens is 1. The van der Waals surface area contributed by atoms with Crippen molar-refractivity contribution >= 4 is 21.0 Å². The lowest BCUT2D eigenvalue weighted by molar-refractivity contribution is 0.0980. The van der Waals surface area contributed by atoms with E-state index in [9.17, 15) is 13.9 Å². The van der Waals surface area contributed by atoms with E-state index in [1.165, 1.54) is 24.5 Å². The first-order chi connectivity index (χ1) is 8.62. The summed E-state index contributed by atoms with van der Waals surface area (Å²) in [6.07, 6.45) is 1.79. The summed E-state index contributed by atoms with van der Waals surface area (Å²) in [5.41, 5.74) is 0.269. The van der Waals surface area contributed by atoms with Gasteiger partial charge in [0.1, 0.15) is 0 Å². The maximum atomic E-state index is 11.7. The Morgan fingerprint density at radius 3 is 2.00 bits per heavy atom. The topological polar surface area (TPSA) is 145 Å². The van der Waals surface area contributed by atoms with Crippen molar-refractivity contribution in [3.8, 4) is 0 Å².